The number of rotatable bonds is 8. The van der Waals surface area contributed by atoms with E-state index >= 15 is 0 Å². The first kappa shape index (κ1) is 29.0. The fourth-order valence-electron chi connectivity index (χ4n) is 5.17. The third kappa shape index (κ3) is 6.70. The minimum atomic E-state index is -1.01. The van der Waals surface area contributed by atoms with Gasteiger partial charge in [-0.25, -0.2) is 9.97 Å². The molecule has 0 radical (unpaired) electrons. The number of benzene rings is 1. The maximum Gasteiger partial charge on any atom is 0.251 e. The largest absolute Gasteiger partial charge is 0.489 e. The van der Waals surface area contributed by atoms with E-state index in [-0.39, 0.29) is 12.0 Å². The summed E-state index contributed by atoms with van der Waals surface area (Å²) in [6.07, 6.45) is 1.58. The molecule has 2 aromatic heterocycles. The van der Waals surface area contributed by atoms with Crippen molar-refractivity contribution in [2.75, 3.05) is 63.6 Å². The van der Waals surface area contributed by atoms with Crippen LogP contribution in [0, 0.1) is 11.3 Å². The number of pyridine rings is 1. The summed E-state index contributed by atoms with van der Waals surface area (Å²) in [5.74, 6) is 1.92. The maximum atomic E-state index is 12.0. The van der Waals surface area contributed by atoms with Gasteiger partial charge in [-0.3, -0.25) is 4.79 Å². The average Bonchev–Trinajstić information content (AvgIpc) is 3.01. The number of carbonyl (C=O) groups is 1. The molecule has 0 bridgehead atoms. The number of amides is 1. The molecule has 2 fully saturated rings. The summed E-state index contributed by atoms with van der Waals surface area (Å²) in [5.41, 5.74) is 2.75. The van der Waals surface area contributed by atoms with Crippen LogP contribution in [0.15, 0.2) is 42.7 Å². The van der Waals surface area contributed by atoms with Gasteiger partial charge in [0.1, 0.15) is 47.7 Å². The Hall–Kier alpha value is -4.47. The molecule has 1 amide bonds. The summed E-state index contributed by atoms with van der Waals surface area (Å²) in [6.45, 7) is 6.28. The number of hydrogen-bond donors (Lipinski definition) is 2. The Morgan fingerprint density at radius 1 is 1.07 bits per heavy atom. The Balaban J connectivity index is 1.26. The molecule has 4 heterocycles. The number of carbonyl (C=O) groups excluding carboxylic acids is 1. The number of nitrogens with one attached hydrogen (secondary N) is 1. The molecule has 42 heavy (non-hydrogen) atoms. The Labute approximate surface area is 245 Å². The number of likely N-dealkylation sites (N-methyl/N-ethyl adjacent to an activating group) is 1. The van der Waals surface area contributed by atoms with Gasteiger partial charge in [0.05, 0.1) is 18.4 Å². The smallest absolute Gasteiger partial charge is 0.251 e. The predicted molar refractivity (Wildman–Crippen MR) is 158 cm³/mol. The van der Waals surface area contributed by atoms with Crippen LogP contribution in [0.1, 0.15) is 25.3 Å². The van der Waals surface area contributed by atoms with E-state index in [9.17, 15) is 15.2 Å². The first-order valence-corrected chi connectivity index (χ1v) is 14.1. The number of nitrogens with zero attached hydrogens (tertiary/aromatic N) is 7. The molecule has 2 N–H and O–H groups in total. The molecule has 0 saturated carbocycles. The van der Waals surface area contributed by atoms with E-state index in [4.69, 9.17) is 9.47 Å². The van der Waals surface area contributed by atoms with Crippen molar-refractivity contribution in [3.05, 3.63) is 48.3 Å². The monoisotopic (exact) mass is 572 g/mol. The van der Waals surface area contributed by atoms with Gasteiger partial charge in [0, 0.05) is 63.7 Å². The number of aromatic nitrogens is 3. The number of likely N-dealkylation sites (tertiary alicyclic amines) is 1. The van der Waals surface area contributed by atoms with E-state index in [1.54, 1.807) is 30.2 Å². The molecule has 2 aliphatic rings. The van der Waals surface area contributed by atoms with Crippen LogP contribution in [-0.4, -0.2) is 101 Å². The highest BCUT2D eigenvalue weighted by Crippen LogP contribution is 2.31. The summed E-state index contributed by atoms with van der Waals surface area (Å²) in [4.78, 5) is 31.7. The standard InChI is InChI=1S/C30H36N8O4/c1-20(39)30(40)38-10-8-23(9-11-38)42-26-6-4-21(16-22(26)18-31)24-17-28(33-19-32-24)34-27-7-5-25(29(35-27)41-3)37-14-12-36(2)13-15-37/h4-7,16-17,19-20,23,39H,8-15H2,1-3H3,(H,32,33,34,35)/t20-/m0/s1. The zero-order chi connectivity index (χ0) is 29.6. The summed E-state index contributed by atoms with van der Waals surface area (Å²) in [6, 6.07) is 13.3. The van der Waals surface area contributed by atoms with E-state index in [2.05, 4.69) is 43.2 Å². The normalized spacial score (nSPS) is 16.9. The fourth-order valence-corrected chi connectivity index (χ4v) is 5.17. The molecule has 12 nitrogen and oxygen atoms in total. The number of anilines is 3. The Kier molecular flexibility index (Phi) is 9.00. The van der Waals surface area contributed by atoms with E-state index in [0.29, 0.717) is 60.5 Å². The van der Waals surface area contributed by atoms with E-state index in [0.717, 1.165) is 37.4 Å². The minimum absolute atomic E-state index is 0.122. The van der Waals surface area contributed by atoms with Gasteiger partial charge in [0.2, 0.25) is 5.88 Å². The topological polar surface area (TPSA) is 140 Å². The quantitative estimate of drug-likeness (QED) is 0.412. The molecule has 0 unspecified atom stereocenters. The van der Waals surface area contributed by atoms with Gasteiger partial charge in [0.25, 0.3) is 5.91 Å². The fraction of sp³-hybridized carbons (Fsp3) is 0.433. The van der Waals surface area contributed by atoms with Crippen LogP contribution >= 0.6 is 0 Å². The lowest BCUT2D eigenvalue weighted by molar-refractivity contribution is -0.141. The minimum Gasteiger partial charge on any atom is -0.489 e. The van der Waals surface area contributed by atoms with Crippen LogP contribution < -0.4 is 19.7 Å². The molecule has 0 aliphatic carbocycles. The number of aliphatic hydroxyl groups is 1. The zero-order valence-electron chi connectivity index (χ0n) is 24.2. The second-order valence-corrected chi connectivity index (χ2v) is 10.6. The van der Waals surface area contributed by atoms with Gasteiger partial charge in [-0.2, -0.15) is 10.2 Å². The van der Waals surface area contributed by atoms with Crippen molar-refractivity contribution in [1.29, 1.82) is 5.26 Å². The SMILES string of the molecule is COc1nc(Nc2cc(-c3ccc(OC4CCN(C(=O)[C@H](C)O)CC4)c(C#N)c3)ncn2)ccc1N1CCN(C)CC1. The molecular weight excluding hydrogens is 536 g/mol. The predicted octanol–water partition coefficient (Wildman–Crippen LogP) is 2.66. The molecule has 2 aliphatic heterocycles. The second-order valence-electron chi connectivity index (χ2n) is 10.6. The molecule has 1 aromatic carbocycles. The molecular formula is C30H36N8O4. The molecule has 2 saturated heterocycles. The molecule has 1 atom stereocenters. The number of ether oxygens (including phenoxy) is 2. The lowest BCUT2D eigenvalue weighted by Gasteiger charge is -2.34. The first-order valence-electron chi connectivity index (χ1n) is 14.1. The van der Waals surface area contributed by atoms with E-state index in [1.165, 1.54) is 13.3 Å². The van der Waals surface area contributed by atoms with Crippen molar-refractivity contribution in [3.8, 4) is 29.0 Å². The summed E-state index contributed by atoms with van der Waals surface area (Å²) < 4.78 is 11.7. The number of methoxy groups -OCH3 is 1. The lowest BCUT2D eigenvalue weighted by Crippen LogP contribution is -2.45. The Morgan fingerprint density at radius 3 is 2.52 bits per heavy atom. The van der Waals surface area contributed by atoms with Crippen molar-refractivity contribution in [3.63, 3.8) is 0 Å². The zero-order valence-corrected chi connectivity index (χ0v) is 24.2. The van der Waals surface area contributed by atoms with Gasteiger partial charge in [-0.1, -0.05) is 0 Å². The van der Waals surface area contributed by atoms with E-state index in [1.807, 2.05) is 18.2 Å². The molecule has 220 valence electrons. The maximum absolute atomic E-state index is 12.0. The number of hydrogen-bond acceptors (Lipinski definition) is 11. The Bertz CT molecular complexity index is 1440. The van der Waals surface area contributed by atoms with Crippen molar-refractivity contribution in [2.24, 2.45) is 0 Å². The highest BCUT2D eigenvalue weighted by molar-refractivity contribution is 5.80. The van der Waals surface area contributed by atoms with Crippen molar-refractivity contribution in [1.82, 2.24) is 24.8 Å². The Morgan fingerprint density at radius 2 is 1.83 bits per heavy atom. The third-order valence-corrected chi connectivity index (χ3v) is 7.60. The van der Waals surface area contributed by atoms with Gasteiger partial charge in [0.15, 0.2) is 0 Å². The van der Waals surface area contributed by atoms with Crippen molar-refractivity contribution in [2.45, 2.75) is 32.0 Å². The summed E-state index contributed by atoms with van der Waals surface area (Å²) in [5, 5.41) is 22.6. The second kappa shape index (κ2) is 13.0. The highest BCUT2D eigenvalue weighted by atomic mass is 16.5. The summed E-state index contributed by atoms with van der Waals surface area (Å²) >= 11 is 0. The van der Waals surface area contributed by atoms with E-state index < -0.39 is 6.10 Å². The van der Waals surface area contributed by atoms with Gasteiger partial charge in [-0.05, 0) is 44.3 Å². The van der Waals surface area contributed by atoms with Crippen LogP contribution in [0.5, 0.6) is 11.6 Å². The molecule has 3 aromatic rings. The van der Waals surface area contributed by atoms with Crippen LogP contribution in [0.2, 0.25) is 0 Å². The summed E-state index contributed by atoms with van der Waals surface area (Å²) in [7, 11) is 3.74. The van der Waals surface area contributed by atoms with Crippen LogP contribution in [-0.2, 0) is 4.79 Å². The lowest BCUT2D eigenvalue weighted by atomic mass is 10.1. The van der Waals surface area contributed by atoms with Crippen LogP contribution in [0.25, 0.3) is 11.3 Å². The van der Waals surface area contributed by atoms with Crippen molar-refractivity contribution >= 4 is 23.2 Å². The van der Waals surface area contributed by atoms with Crippen LogP contribution in [0.3, 0.4) is 0 Å². The van der Waals surface area contributed by atoms with Gasteiger partial charge in [-0.15, -0.1) is 0 Å². The molecule has 0 spiro atoms. The highest BCUT2D eigenvalue weighted by Gasteiger charge is 2.26. The average molecular weight is 573 g/mol. The van der Waals surface area contributed by atoms with Crippen molar-refractivity contribution < 1.29 is 19.4 Å². The molecule has 5 rings (SSSR count). The number of piperazine rings is 1. The van der Waals surface area contributed by atoms with Gasteiger partial charge >= 0.3 is 0 Å². The van der Waals surface area contributed by atoms with Gasteiger partial charge < -0.3 is 34.6 Å². The van der Waals surface area contributed by atoms with Crippen LogP contribution in [0.4, 0.5) is 17.3 Å². The number of nitriles is 1. The third-order valence-electron chi connectivity index (χ3n) is 7.60. The first-order chi connectivity index (χ1) is 20.3. The number of piperidine rings is 1. The number of aliphatic hydroxyl groups excluding tert-OH is 1. The molecule has 12 heteroatoms.